The first-order valence-corrected chi connectivity index (χ1v) is 4.25. The molecule has 0 spiro atoms. The zero-order chi connectivity index (χ0) is 11.4. The van der Waals surface area contributed by atoms with Gasteiger partial charge in [0.1, 0.15) is 17.3 Å². The number of aromatic hydroxyl groups is 1. The van der Waals surface area contributed by atoms with Crippen LogP contribution in [-0.2, 0) is 11.2 Å². The molecule has 0 radical (unpaired) electrons. The molecular formula is C10H10F2O3. The van der Waals surface area contributed by atoms with Gasteiger partial charge in [0.15, 0.2) is 0 Å². The van der Waals surface area contributed by atoms with Gasteiger partial charge in [-0.15, -0.1) is 0 Å². The van der Waals surface area contributed by atoms with E-state index >= 15 is 0 Å². The van der Waals surface area contributed by atoms with E-state index < -0.39 is 6.61 Å². The summed E-state index contributed by atoms with van der Waals surface area (Å²) < 4.78 is 27.7. The minimum absolute atomic E-state index is 0.0702. The van der Waals surface area contributed by atoms with Crippen molar-refractivity contribution < 1.29 is 23.4 Å². The molecule has 0 unspecified atom stereocenters. The Labute approximate surface area is 85.3 Å². The number of ether oxygens (including phenoxy) is 1. The van der Waals surface area contributed by atoms with Crippen LogP contribution in [0.2, 0.25) is 0 Å². The van der Waals surface area contributed by atoms with Crippen molar-refractivity contribution in [3.63, 3.8) is 0 Å². The van der Waals surface area contributed by atoms with Crippen LogP contribution in [-0.4, -0.2) is 17.5 Å². The van der Waals surface area contributed by atoms with Crippen LogP contribution in [0.4, 0.5) is 8.78 Å². The summed E-state index contributed by atoms with van der Waals surface area (Å²) >= 11 is 0. The van der Waals surface area contributed by atoms with E-state index in [2.05, 4.69) is 4.74 Å². The minimum Gasteiger partial charge on any atom is -0.508 e. The van der Waals surface area contributed by atoms with Crippen LogP contribution in [0.5, 0.6) is 11.5 Å². The summed E-state index contributed by atoms with van der Waals surface area (Å²) in [4.78, 5) is 10.8. The number of carbonyl (C=O) groups is 1. The smallest absolute Gasteiger partial charge is 0.387 e. The number of phenols is 1. The van der Waals surface area contributed by atoms with E-state index in [0.717, 1.165) is 6.07 Å². The fraction of sp³-hybridized carbons (Fsp3) is 0.300. The van der Waals surface area contributed by atoms with E-state index in [0.29, 0.717) is 5.56 Å². The molecule has 0 atom stereocenters. The van der Waals surface area contributed by atoms with Crippen molar-refractivity contribution in [1.82, 2.24) is 0 Å². The molecule has 0 aliphatic rings. The number of Topliss-reactive ketones (excluding diaryl/α,β-unsaturated/α-hetero) is 1. The number of hydrogen-bond donors (Lipinski definition) is 1. The fourth-order valence-corrected chi connectivity index (χ4v) is 1.14. The van der Waals surface area contributed by atoms with Crippen LogP contribution < -0.4 is 4.74 Å². The lowest BCUT2D eigenvalue weighted by Gasteiger charge is -2.07. The highest BCUT2D eigenvalue weighted by Gasteiger charge is 2.08. The average molecular weight is 216 g/mol. The molecule has 1 N–H and O–H groups in total. The molecule has 0 heterocycles. The van der Waals surface area contributed by atoms with Gasteiger partial charge >= 0.3 is 6.61 Å². The molecule has 0 amide bonds. The van der Waals surface area contributed by atoms with Gasteiger partial charge in [0, 0.05) is 18.1 Å². The minimum atomic E-state index is -2.93. The van der Waals surface area contributed by atoms with E-state index in [-0.39, 0.29) is 23.7 Å². The number of alkyl halides is 2. The summed E-state index contributed by atoms with van der Waals surface area (Å²) in [5.41, 5.74) is 0.393. The van der Waals surface area contributed by atoms with Gasteiger partial charge in [0.2, 0.25) is 0 Å². The van der Waals surface area contributed by atoms with Crippen LogP contribution in [0.25, 0.3) is 0 Å². The van der Waals surface area contributed by atoms with Gasteiger partial charge in [0.05, 0.1) is 0 Å². The Kier molecular flexibility index (Phi) is 3.60. The predicted octanol–water partition coefficient (Wildman–Crippen LogP) is 2.13. The molecule has 0 saturated heterocycles. The zero-order valence-electron chi connectivity index (χ0n) is 8.04. The molecule has 0 fully saturated rings. The van der Waals surface area contributed by atoms with Gasteiger partial charge in [0.25, 0.3) is 0 Å². The van der Waals surface area contributed by atoms with Gasteiger partial charge in [-0.25, -0.2) is 0 Å². The van der Waals surface area contributed by atoms with Crippen LogP contribution in [0.1, 0.15) is 12.5 Å². The number of halogens is 2. The fourth-order valence-electron chi connectivity index (χ4n) is 1.14. The molecule has 5 heteroatoms. The quantitative estimate of drug-likeness (QED) is 0.838. The molecule has 0 saturated carbocycles. The summed E-state index contributed by atoms with van der Waals surface area (Å²) in [5, 5.41) is 9.38. The maximum atomic E-state index is 11.8. The number of rotatable bonds is 4. The largest absolute Gasteiger partial charge is 0.508 e. The Balaban J connectivity index is 2.83. The molecule has 0 aromatic heterocycles. The highest BCUT2D eigenvalue weighted by Crippen LogP contribution is 2.25. The van der Waals surface area contributed by atoms with Gasteiger partial charge in [-0.05, 0) is 13.0 Å². The lowest BCUT2D eigenvalue weighted by atomic mass is 10.1. The number of carbonyl (C=O) groups excluding carboxylic acids is 1. The lowest BCUT2D eigenvalue weighted by molar-refractivity contribution is -0.116. The summed E-state index contributed by atoms with van der Waals surface area (Å²) in [6.45, 7) is -1.55. The van der Waals surface area contributed by atoms with Crippen molar-refractivity contribution >= 4 is 5.78 Å². The van der Waals surface area contributed by atoms with Crippen LogP contribution in [0.3, 0.4) is 0 Å². The normalized spacial score (nSPS) is 10.4. The standard InChI is InChI=1S/C10H10F2O3/c1-6(13)4-7-2-3-8(5-9(7)14)15-10(11)12/h2-3,5,10,14H,4H2,1H3. The van der Waals surface area contributed by atoms with E-state index in [1.54, 1.807) is 0 Å². The Hall–Kier alpha value is -1.65. The second-order valence-corrected chi connectivity index (χ2v) is 3.05. The second kappa shape index (κ2) is 4.72. The summed E-state index contributed by atoms with van der Waals surface area (Å²) in [6, 6.07) is 3.73. The first-order valence-electron chi connectivity index (χ1n) is 4.25. The van der Waals surface area contributed by atoms with Crippen molar-refractivity contribution in [2.24, 2.45) is 0 Å². The third-order valence-corrected chi connectivity index (χ3v) is 1.72. The molecule has 0 bridgehead atoms. The average Bonchev–Trinajstić information content (AvgIpc) is 2.08. The van der Waals surface area contributed by atoms with Crippen molar-refractivity contribution in [3.8, 4) is 11.5 Å². The van der Waals surface area contributed by atoms with Crippen LogP contribution in [0, 0.1) is 0 Å². The summed E-state index contributed by atoms with van der Waals surface area (Å²) in [6.07, 6.45) is 0.0702. The molecule has 82 valence electrons. The highest BCUT2D eigenvalue weighted by molar-refractivity contribution is 5.79. The molecule has 1 aromatic rings. The highest BCUT2D eigenvalue weighted by atomic mass is 19.3. The summed E-state index contributed by atoms with van der Waals surface area (Å²) in [5.74, 6) is -0.467. The van der Waals surface area contributed by atoms with Crippen molar-refractivity contribution in [1.29, 1.82) is 0 Å². The summed E-state index contributed by atoms with van der Waals surface area (Å²) in [7, 11) is 0. The predicted molar refractivity (Wildman–Crippen MR) is 49.1 cm³/mol. The van der Waals surface area contributed by atoms with Crippen molar-refractivity contribution in [3.05, 3.63) is 23.8 Å². The zero-order valence-corrected chi connectivity index (χ0v) is 8.04. The Morgan fingerprint density at radius 3 is 2.67 bits per heavy atom. The van der Waals surface area contributed by atoms with Crippen molar-refractivity contribution in [2.45, 2.75) is 20.0 Å². The van der Waals surface area contributed by atoms with Crippen LogP contribution >= 0.6 is 0 Å². The second-order valence-electron chi connectivity index (χ2n) is 3.05. The molecular weight excluding hydrogens is 206 g/mol. The number of hydrogen-bond acceptors (Lipinski definition) is 3. The number of phenolic OH excluding ortho intramolecular Hbond substituents is 1. The van der Waals surface area contributed by atoms with E-state index in [1.807, 2.05) is 0 Å². The molecule has 15 heavy (non-hydrogen) atoms. The Morgan fingerprint density at radius 2 is 2.20 bits per heavy atom. The van der Waals surface area contributed by atoms with Crippen molar-refractivity contribution in [2.75, 3.05) is 0 Å². The topological polar surface area (TPSA) is 46.5 Å². The first-order chi connectivity index (χ1) is 6.99. The van der Waals surface area contributed by atoms with Gasteiger partial charge < -0.3 is 9.84 Å². The van der Waals surface area contributed by atoms with Gasteiger partial charge in [-0.1, -0.05) is 6.07 Å². The van der Waals surface area contributed by atoms with E-state index in [4.69, 9.17) is 0 Å². The van der Waals surface area contributed by atoms with E-state index in [1.165, 1.54) is 19.1 Å². The van der Waals surface area contributed by atoms with Gasteiger partial charge in [-0.3, -0.25) is 4.79 Å². The molecule has 0 aliphatic carbocycles. The maximum absolute atomic E-state index is 11.8. The number of benzene rings is 1. The van der Waals surface area contributed by atoms with E-state index in [9.17, 15) is 18.7 Å². The molecule has 0 aliphatic heterocycles. The Morgan fingerprint density at radius 1 is 1.53 bits per heavy atom. The monoisotopic (exact) mass is 216 g/mol. The first kappa shape index (κ1) is 11.4. The number of ketones is 1. The Bertz CT molecular complexity index is 364. The van der Waals surface area contributed by atoms with Gasteiger partial charge in [-0.2, -0.15) is 8.78 Å². The third-order valence-electron chi connectivity index (χ3n) is 1.72. The maximum Gasteiger partial charge on any atom is 0.387 e. The molecule has 1 aromatic carbocycles. The van der Waals surface area contributed by atoms with Crippen LogP contribution in [0.15, 0.2) is 18.2 Å². The molecule has 3 nitrogen and oxygen atoms in total. The third kappa shape index (κ3) is 3.53. The molecule has 1 rings (SSSR count). The lowest BCUT2D eigenvalue weighted by Crippen LogP contribution is -2.02. The SMILES string of the molecule is CC(=O)Cc1ccc(OC(F)F)cc1O.